The predicted molar refractivity (Wildman–Crippen MR) is 116 cm³/mol. The van der Waals surface area contributed by atoms with Gasteiger partial charge in [-0.05, 0) is 34.3 Å². The Bertz CT molecular complexity index is 735. The van der Waals surface area contributed by atoms with Crippen molar-refractivity contribution in [3.8, 4) is 0 Å². The molecule has 0 aliphatic heterocycles. The smallest absolute Gasteiger partial charge is 0.288 e. The third kappa shape index (κ3) is 3.65. The average molecular weight is 373 g/mol. The number of hydrogen-bond donors (Lipinski definition) is 0. The van der Waals surface area contributed by atoms with Crippen LogP contribution in [0.4, 0.5) is 0 Å². The second-order valence-electron chi connectivity index (χ2n) is 7.70. The largest absolute Gasteiger partial charge is 0.401 e. The summed E-state index contributed by atoms with van der Waals surface area (Å²) in [6.45, 7) is 2.37. The summed E-state index contributed by atoms with van der Waals surface area (Å²) in [4.78, 5) is 0. The minimum absolute atomic E-state index is 0.325. The normalized spacial score (nSPS) is 20.3. The van der Waals surface area contributed by atoms with Gasteiger partial charge >= 0.3 is 0 Å². The maximum Gasteiger partial charge on any atom is 0.288 e. The molecule has 1 nitrogen and oxygen atoms in total. The Morgan fingerprint density at radius 1 is 0.630 bits per heavy atom. The molecular weight excluding hydrogens is 344 g/mol. The Morgan fingerprint density at radius 3 is 1.44 bits per heavy atom. The lowest BCUT2D eigenvalue weighted by molar-refractivity contribution is 0.101. The first-order valence-electron chi connectivity index (χ1n) is 10.1. The first-order chi connectivity index (χ1) is 13.3. The van der Waals surface area contributed by atoms with Gasteiger partial charge in [-0.3, -0.25) is 0 Å². The molecule has 0 amide bonds. The van der Waals surface area contributed by atoms with Crippen LogP contribution in [0.5, 0.6) is 0 Å². The molecule has 27 heavy (non-hydrogen) atoms. The van der Waals surface area contributed by atoms with E-state index in [-0.39, 0.29) is 0 Å². The van der Waals surface area contributed by atoms with E-state index in [2.05, 4.69) is 97.9 Å². The zero-order valence-electron chi connectivity index (χ0n) is 16.1. The van der Waals surface area contributed by atoms with Crippen LogP contribution >= 0.6 is 0 Å². The Balaban J connectivity index is 1.91. The summed E-state index contributed by atoms with van der Waals surface area (Å²) >= 11 is 0. The molecule has 4 rings (SSSR count). The first-order valence-corrected chi connectivity index (χ1v) is 12.1. The van der Waals surface area contributed by atoms with Gasteiger partial charge in [-0.25, -0.2) is 0 Å². The van der Waals surface area contributed by atoms with Crippen molar-refractivity contribution in [2.75, 3.05) is 0 Å². The topological polar surface area (TPSA) is 9.23 Å². The molecule has 138 valence electrons. The predicted octanol–water partition coefficient (Wildman–Crippen LogP) is 4.25. The second-order valence-corrected chi connectivity index (χ2v) is 11.0. The van der Waals surface area contributed by atoms with E-state index in [1.54, 1.807) is 0 Å². The van der Waals surface area contributed by atoms with Gasteiger partial charge in [-0.1, -0.05) is 111 Å². The maximum atomic E-state index is 7.29. The fourth-order valence-electron chi connectivity index (χ4n) is 4.41. The first kappa shape index (κ1) is 18.2. The number of rotatable bonds is 5. The second kappa shape index (κ2) is 8.24. The molecule has 0 aromatic heterocycles. The van der Waals surface area contributed by atoms with Crippen molar-refractivity contribution in [3.63, 3.8) is 0 Å². The van der Waals surface area contributed by atoms with Crippen molar-refractivity contribution in [3.05, 3.63) is 91.0 Å². The molecular formula is C25H28OSi. The van der Waals surface area contributed by atoms with Gasteiger partial charge in [0.2, 0.25) is 0 Å². The third-order valence-corrected chi connectivity index (χ3v) is 10.00. The van der Waals surface area contributed by atoms with Crippen LogP contribution in [0.2, 0.25) is 0 Å². The molecule has 0 spiro atoms. The van der Waals surface area contributed by atoms with E-state index in [9.17, 15) is 0 Å². The van der Waals surface area contributed by atoms with Crippen LogP contribution in [0.1, 0.15) is 32.6 Å². The molecule has 1 aliphatic carbocycles. The molecule has 0 radical (unpaired) electrons. The summed E-state index contributed by atoms with van der Waals surface area (Å²) in [5.41, 5.74) is 0. The lowest BCUT2D eigenvalue weighted by Crippen LogP contribution is -2.70. The lowest BCUT2D eigenvalue weighted by atomic mass is 9.88. The highest BCUT2D eigenvalue weighted by Crippen LogP contribution is 2.28. The van der Waals surface area contributed by atoms with Gasteiger partial charge in [-0.2, -0.15) is 0 Å². The molecule has 0 unspecified atom stereocenters. The monoisotopic (exact) mass is 372 g/mol. The van der Waals surface area contributed by atoms with Crippen molar-refractivity contribution in [2.24, 2.45) is 5.92 Å². The Morgan fingerprint density at radius 2 is 1.04 bits per heavy atom. The van der Waals surface area contributed by atoms with E-state index >= 15 is 0 Å². The van der Waals surface area contributed by atoms with Crippen LogP contribution in [0, 0.1) is 5.92 Å². The highest BCUT2D eigenvalue weighted by molar-refractivity contribution is 7.07. The number of benzene rings is 3. The Hall–Kier alpha value is -2.16. The SMILES string of the molecule is C[C@H]1CCCC[C@H]1O[Si](c1ccccc1)(c1ccccc1)c1ccccc1. The molecule has 0 bridgehead atoms. The van der Waals surface area contributed by atoms with Crippen molar-refractivity contribution in [1.82, 2.24) is 0 Å². The number of hydrogen-bond acceptors (Lipinski definition) is 1. The molecule has 2 atom stereocenters. The van der Waals surface area contributed by atoms with Crippen LogP contribution < -0.4 is 15.6 Å². The van der Waals surface area contributed by atoms with Crippen LogP contribution in [0.15, 0.2) is 91.0 Å². The van der Waals surface area contributed by atoms with E-state index < -0.39 is 8.32 Å². The zero-order valence-corrected chi connectivity index (χ0v) is 17.1. The maximum absolute atomic E-state index is 7.29. The van der Waals surface area contributed by atoms with E-state index in [1.807, 2.05) is 0 Å². The summed E-state index contributed by atoms with van der Waals surface area (Å²) in [5, 5.41) is 4.00. The molecule has 3 aromatic rings. The molecule has 0 N–H and O–H groups in total. The molecule has 1 fully saturated rings. The van der Waals surface area contributed by atoms with Gasteiger partial charge in [0.05, 0.1) is 0 Å². The van der Waals surface area contributed by atoms with E-state index in [4.69, 9.17) is 4.43 Å². The van der Waals surface area contributed by atoms with E-state index in [0.717, 1.165) is 0 Å². The minimum Gasteiger partial charge on any atom is -0.401 e. The third-order valence-electron chi connectivity index (χ3n) is 5.90. The van der Waals surface area contributed by atoms with Crippen LogP contribution in [-0.4, -0.2) is 14.4 Å². The highest BCUT2D eigenvalue weighted by atomic mass is 28.4. The van der Waals surface area contributed by atoms with Gasteiger partial charge in [-0.15, -0.1) is 0 Å². The fourth-order valence-corrected chi connectivity index (χ4v) is 8.61. The molecule has 0 saturated heterocycles. The summed E-state index contributed by atoms with van der Waals surface area (Å²) in [7, 11) is -2.55. The summed E-state index contributed by atoms with van der Waals surface area (Å²) in [5.74, 6) is 0.613. The average Bonchev–Trinajstić information content (AvgIpc) is 2.75. The molecule has 1 aliphatic rings. The van der Waals surface area contributed by atoms with Gasteiger partial charge in [0.1, 0.15) is 0 Å². The van der Waals surface area contributed by atoms with E-state index in [1.165, 1.54) is 41.2 Å². The van der Waals surface area contributed by atoms with Crippen molar-refractivity contribution < 1.29 is 4.43 Å². The standard InChI is InChI=1S/C25H28OSi/c1-21-13-11-12-20-25(21)26-27(22-14-5-2-6-15-22,23-16-7-3-8-17-23)24-18-9-4-10-19-24/h2-10,14-19,21,25H,11-13,20H2,1H3/t21-,25+/m0/s1. The van der Waals surface area contributed by atoms with Crippen LogP contribution in [0.3, 0.4) is 0 Å². The van der Waals surface area contributed by atoms with E-state index in [0.29, 0.717) is 12.0 Å². The quantitative estimate of drug-likeness (QED) is 0.481. The summed E-state index contributed by atoms with van der Waals surface area (Å²) in [6, 6.07) is 32.8. The molecule has 1 saturated carbocycles. The fraction of sp³-hybridized carbons (Fsp3) is 0.280. The van der Waals surface area contributed by atoms with Crippen molar-refractivity contribution in [2.45, 2.75) is 38.7 Å². The Kier molecular flexibility index (Phi) is 5.56. The van der Waals surface area contributed by atoms with Crippen LogP contribution in [0.25, 0.3) is 0 Å². The molecule has 2 heteroatoms. The molecule has 0 heterocycles. The van der Waals surface area contributed by atoms with Gasteiger partial charge < -0.3 is 4.43 Å². The Labute approximate surface area is 164 Å². The zero-order chi connectivity index (χ0) is 18.5. The van der Waals surface area contributed by atoms with Gasteiger partial charge in [0.15, 0.2) is 0 Å². The van der Waals surface area contributed by atoms with Crippen LogP contribution in [-0.2, 0) is 4.43 Å². The van der Waals surface area contributed by atoms with Crippen molar-refractivity contribution >= 4 is 23.9 Å². The minimum atomic E-state index is -2.55. The summed E-state index contributed by atoms with van der Waals surface area (Å²) in [6.07, 6.45) is 5.37. The van der Waals surface area contributed by atoms with Crippen molar-refractivity contribution in [1.29, 1.82) is 0 Å². The summed E-state index contributed by atoms with van der Waals surface area (Å²) < 4.78 is 7.29. The highest BCUT2D eigenvalue weighted by Gasteiger charge is 2.44. The molecule has 3 aromatic carbocycles. The van der Waals surface area contributed by atoms with Gasteiger partial charge in [0.25, 0.3) is 8.32 Å². The lowest BCUT2D eigenvalue weighted by Gasteiger charge is -2.40. The van der Waals surface area contributed by atoms with Gasteiger partial charge in [0, 0.05) is 6.10 Å².